The van der Waals surface area contributed by atoms with Crippen molar-refractivity contribution < 1.29 is 0 Å². The van der Waals surface area contributed by atoms with E-state index in [9.17, 15) is 0 Å². The second-order valence-corrected chi connectivity index (χ2v) is 6.65. The third-order valence-corrected chi connectivity index (χ3v) is 4.72. The fourth-order valence-electron chi connectivity index (χ4n) is 2.33. The van der Waals surface area contributed by atoms with Crippen molar-refractivity contribution >= 4 is 11.8 Å². The Balaban J connectivity index is 1.98. The smallest absolute Gasteiger partial charge is 0.0415 e. The minimum atomic E-state index is 0.408. The molecule has 1 atom stereocenters. The fourth-order valence-corrected chi connectivity index (χ4v) is 3.33. The van der Waals surface area contributed by atoms with Gasteiger partial charge in [0.1, 0.15) is 0 Å². The molecular formula is C19H25NS. The van der Waals surface area contributed by atoms with Gasteiger partial charge in [0.05, 0.1) is 0 Å². The normalized spacial score (nSPS) is 12.6. The van der Waals surface area contributed by atoms with Crippen LogP contribution in [0.25, 0.3) is 0 Å². The standard InChI is InChI=1S/C19H25NS/c1-4-20-19(17-8-6-5-7-9-17)14-21-18-12-10-16(11-13-18)15(2)3/h5-13,15,19-20H,4,14H2,1-3H3. The molecule has 0 saturated heterocycles. The maximum absolute atomic E-state index is 3.58. The summed E-state index contributed by atoms with van der Waals surface area (Å²) in [6.07, 6.45) is 0. The lowest BCUT2D eigenvalue weighted by molar-refractivity contribution is 0.606. The van der Waals surface area contributed by atoms with Crippen molar-refractivity contribution in [1.82, 2.24) is 5.32 Å². The molecule has 0 amide bonds. The van der Waals surface area contributed by atoms with Gasteiger partial charge >= 0.3 is 0 Å². The molecule has 112 valence electrons. The van der Waals surface area contributed by atoms with Gasteiger partial charge in [-0.2, -0.15) is 0 Å². The summed E-state index contributed by atoms with van der Waals surface area (Å²) in [6, 6.07) is 20.1. The lowest BCUT2D eigenvalue weighted by atomic mass is 10.0. The van der Waals surface area contributed by atoms with E-state index < -0.39 is 0 Å². The zero-order valence-corrected chi connectivity index (χ0v) is 14.0. The summed E-state index contributed by atoms with van der Waals surface area (Å²) in [5.74, 6) is 1.65. The van der Waals surface area contributed by atoms with Gasteiger partial charge in [-0.15, -0.1) is 11.8 Å². The van der Waals surface area contributed by atoms with E-state index in [0.717, 1.165) is 12.3 Å². The van der Waals surface area contributed by atoms with Crippen LogP contribution < -0.4 is 5.32 Å². The molecule has 0 aliphatic rings. The van der Waals surface area contributed by atoms with Gasteiger partial charge in [-0.25, -0.2) is 0 Å². The third kappa shape index (κ3) is 4.90. The molecule has 2 aromatic carbocycles. The highest BCUT2D eigenvalue weighted by Gasteiger charge is 2.10. The minimum absolute atomic E-state index is 0.408. The third-order valence-electron chi connectivity index (χ3n) is 3.62. The summed E-state index contributed by atoms with van der Waals surface area (Å²) in [7, 11) is 0. The summed E-state index contributed by atoms with van der Waals surface area (Å²) < 4.78 is 0. The minimum Gasteiger partial charge on any atom is -0.309 e. The largest absolute Gasteiger partial charge is 0.309 e. The molecule has 2 aromatic rings. The highest BCUT2D eigenvalue weighted by atomic mass is 32.2. The number of thioether (sulfide) groups is 1. The van der Waals surface area contributed by atoms with Crippen LogP contribution in [-0.4, -0.2) is 12.3 Å². The number of hydrogen-bond acceptors (Lipinski definition) is 2. The molecule has 0 heterocycles. The van der Waals surface area contributed by atoms with E-state index in [0.29, 0.717) is 12.0 Å². The second-order valence-electron chi connectivity index (χ2n) is 5.56. The van der Waals surface area contributed by atoms with Crippen molar-refractivity contribution in [2.45, 2.75) is 37.6 Å². The van der Waals surface area contributed by atoms with Crippen LogP contribution in [0.4, 0.5) is 0 Å². The molecule has 0 bridgehead atoms. The lowest BCUT2D eigenvalue weighted by Crippen LogP contribution is -2.22. The topological polar surface area (TPSA) is 12.0 Å². The number of rotatable bonds is 7. The molecule has 0 aromatic heterocycles. The summed E-state index contributed by atoms with van der Waals surface area (Å²) in [6.45, 7) is 7.63. The van der Waals surface area contributed by atoms with Crippen LogP contribution in [0, 0.1) is 0 Å². The number of nitrogens with one attached hydrogen (secondary N) is 1. The molecule has 0 spiro atoms. The average Bonchev–Trinajstić information content (AvgIpc) is 2.52. The number of benzene rings is 2. The van der Waals surface area contributed by atoms with E-state index in [1.165, 1.54) is 16.0 Å². The second kappa shape index (κ2) is 8.26. The molecule has 0 saturated carbocycles. The first-order chi connectivity index (χ1) is 10.2. The Morgan fingerprint density at radius 3 is 2.14 bits per heavy atom. The Kier molecular flexibility index (Phi) is 6.34. The molecule has 0 aliphatic heterocycles. The van der Waals surface area contributed by atoms with Gasteiger partial charge < -0.3 is 5.32 Å². The first-order valence-corrected chi connectivity index (χ1v) is 8.70. The molecule has 2 rings (SSSR count). The van der Waals surface area contributed by atoms with Crippen molar-refractivity contribution in [2.75, 3.05) is 12.3 Å². The maximum atomic E-state index is 3.58. The fraction of sp³-hybridized carbons (Fsp3) is 0.368. The van der Waals surface area contributed by atoms with Gasteiger partial charge in [-0.1, -0.05) is 63.2 Å². The maximum Gasteiger partial charge on any atom is 0.0415 e. The highest BCUT2D eigenvalue weighted by molar-refractivity contribution is 7.99. The van der Waals surface area contributed by atoms with Crippen LogP contribution >= 0.6 is 11.8 Å². The van der Waals surface area contributed by atoms with Crippen LogP contribution in [0.15, 0.2) is 59.5 Å². The Bertz CT molecular complexity index is 519. The van der Waals surface area contributed by atoms with Crippen molar-refractivity contribution in [2.24, 2.45) is 0 Å². The molecule has 0 aliphatic carbocycles. The molecule has 0 fully saturated rings. The van der Waals surface area contributed by atoms with Crippen molar-refractivity contribution in [3.63, 3.8) is 0 Å². The number of hydrogen-bond donors (Lipinski definition) is 1. The SMILES string of the molecule is CCNC(CSc1ccc(C(C)C)cc1)c1ccccc1. The average molecular weight is 299 g/mol. The first kappa shape index (κ1) is 16.1. The Morgan fingerprint density at radius 2 is 1.57 bits per heavy atom. The predicted octanol–water partition coefficient (Wildman–Crippen LogP) is 5.25. The molecule has 1 unspecified atom stereocenters. The molecule has 21 heavy (non-hydrogen) atoms. The van der Waals surface area contributed by atoms with E-state index in [-0.39, 0.29) is 0 Å². The van der Waals surface area contributed by atoms with Gasteiger partial charge in [0.2, 0.25) is 0 Å². The molecule has 0 radical (unpaired) electrons. The van der Waals surface area contributed by atoms with Crippen LogP contribution in [0.5, 0.6) is 0 Å². The quantitative estimate of drug-likeness (QED) is 0.700. The Morgan fingerprint density at radius 1 is 0.905 bits per heavy atom. The Labute approximate surface area is 133 Å². The summed E-state index contributed by atoms with van der Waals surface area (Å²) in [5, 5.41) is 3.58. The van der Waals surface area contributed by atoms with Gasteiger partial charge in [-0.3, -0.25) is 0 Å². The van der Waals surface area contributed by atoms with Crippen LogP contribution in [0.1, 0.15) is 43.9 Å². The lowest BCUT2D eigenvalue weighted by Gasteiger charge is -2.18. The summed E-state index contributed by atoms with van der Waals surface area (Å²) in [4.78, 5) is 1.35. The van der Waals surface area contributed by atoms with E-state index in [2.05, 4.69) is 80.7 Å². The van der Waals surface area contributed by atoms with Crippen LogP contribution in [0.3, 0.4) is 0 Å². The van der Waals surface area contributed by atoms with Gasteiger partial charge in [0, 0.05) is 16.7 Å². The molecule has 2 heteroatoms. The molecular weight excluding hydrogens is 274 g/mol. The zero-order chi connectivity index (χ0) is 15.1. The van der Waals surface area contributed by atoms with Crippen LogP contribution in [0.2, 0.25) is 0 Å². The van der Waals surface area contributed by atoms with Gasteiger partial charge in [-0.05, 0) is 35.7 Å². The van der Waals surface area contributed by atoms with Gasteiger partial charge in [0.25, 0.3) is 0 Å². The van der Waals surface area contributed by atoms with E-state index in [4.69, 9.17) is 0 Å². The first-order valence-electron chi connectivity index (χ1n) is 7.71. The van der Waals surface area contributed by atoms with Crippen molar-refractivity contribution in [1.29, 1.82) is 0 Å². The summed E-state index contributed by atoms with van der Waals surface area (Å²) >= 11 is 1.92. The Hall–Kier alpha value is -1.25. The molecule has 1 nitrogen and oxygen atoms in total. The highest BCUT2D eigenvalue weighted by Crippen LogP contribution is 2.26. The predicted molar refractivity (Wildman–Crippen MR) is 94.1 cm³/mol. The van der Waals surface area contributed by atoms with Crippen molar-refractivity contribution in [3.05, 3.63) is 65.7 Å². The van der Waals surface area contributed by atoms with E-state index in [1.54, 1.807) is 0 Å². The summed E-state index contributed by atoms with van der Waals surface area (Å²) in [5.41, 5.74) is 2.77. The van der Waals surface area contributed by atoms with Gasteiger partial charge in [0.15, 0.2) is 0 Å². The monoisotopic (exact) mass is 299 g/mol. The van der Waals surface area contributed by atoms with Crippen molar-refractivity contribution in [3.8, 4) is 0 Å². The van der Waals surface area contributed by atoms with E-state index >= 15 is 0 Å². The molecule has 1 N–H and O–H groups in total. The van der Waals surface area contributed by atoms with Crippen LogP contribution in [-0.2, 0) is 0 Å². The van der Waals surface area contributed by atoms with E-state index in [1.807, 2.05) is 11.8 Å². The zero-order valence-electron chi connectivity index (χ0n) is 13.2.